The first-order chi connectivity index (χ1) is 4.48. The van der Waals surface area contributed by atoms with Crippen LogP contribution >= 0.6 is 0 Å². The molecule has 0 aliphatic rings. The van der Waals surface area contributed by atoms with Gasteiger partial charge in [0, 0.05) is 6.92 Å². The van der Waals surface area contributed by atoms with E-state index in [9.17, 15) is 4.79 Å². The minimum atomic E-state index is -0.340. The molecule has 0 saturated heterocycles. The quantitative estimate of drug-likeness (QED) is 0.564. The molecular weight excluding hydrogens is 128 g/mol. The number of esters is 1. The molecule has 0 spiro atoms. The molecule has 10 heavy (non-hydrogen) atoms. The predicted octanol–water partition coefficient (Wildman–Crippen LogP) is 1.94. The highest BCUT2D eigenvalue weighted by Gasteiger charge is 2.18. The lowest BCUT2D eigenvalue weighted by atomic mass is 10.0. The monoisotopic (exact) mass is 143 g/mol. The van der Waals surface area contributed by atoms with Crippen LogP contribution in [-0.2, 0) is 9.53 Å². The van der Waals surface area contributed by atoms with Crippen LogP contribution in [0.3, 0.4) is 0 Å². The normalized spacial score (nSPS) is 11.2. The molecule has 1 radical (unpaired) electrons. The van der Waals surface area contributed by atoms with Gasteiger partial charge < -0.3 is 4.74 Å². The molecule has 2 heteroatoms. The largest absolute Gasteiger partial charge is 0.460 e. The Morgan fingerprint density at radius 2 is 2.10 bits per heavy atom. The van der Waals surface area contributed by atoms with Gasteiger partial charge in [-0.3, -0.25) is 4.79 Å². The fourth-order valence-electron chi connectivity index (χ4n) is 0.866. The molecule has 0 aliphatic heterocycles. The number of hydrogen-bond acceptors (Lipinski definition) is 2. The first kappa shape index (κ1) is 9.47. The van der Waals surface area contributed by atoms with Gasteiger partial charge in [-0.05, 0) is 26.7 Å². The molecule has 0 fully saturated rings. The second-order valence-electron chi connectivity index (χ2n) is 2.96. The van der Waals surface area contributed by atoms with Crippen molar-refractivity contribution in [2.75, 3.05) is 0 Å². The van der Waals surface area contributed by atoms with Gasteiger partial charge >= 0.3 is 5.97 Å². The molecular formula is C8H15O2. The van der Waals surface area contributed by atoms with Crippen LogP contribution in [0.25, 0.3) is 0 Å². The number of carbonyl (C=O) groups excluding carboxylic acids is 1. The summed E-state index contributed by atoms with van der Waals surface area (Å²) in [6.45, 7) is 8.89. The number of hydrogen-bond donors (Lipinski definition) is 0. The van der Waals surface area contributed by atoms with E-state index >= 15 is 0 Å². The molecule has 2 nitrogen and oxygen atoms in total. The Morgan fingerprint density at radius 3 is 2.40 bits per heavy atom. The molecule has 0 unspecified atom stereocenters. The third-order valence-electron chi connectivity index (χ3n) is 1.20. The lowest BCUT2D eigenvalue weighted by Crippen LogP contribution is -2.26. The Balaban J connectivity index is 3.74. The molecule has 0 aliphatic carbocycles. The molecule has 0 atom stereocenters. The zero-order chi connectivity index (χ0) is 8.20. The molecule has 0 aromatic carbocycles. The summed E-state index contributed by atoms with van der Waals surface area (Å²) in [7, 11) is 0. The maximum Gasteiger partial charge on any atom is 0.303 e. The maximum absolute atomic E-state index is 10.5. The van der Waals surface area contributed by atoms with Crippen LogP contribution in [0.1, 0.15) is 33.6 Å². The van der Waals surface area contributed by atoms with Gasteiger partial charge in [0.15, 0.2) is 0 Å². The van der Waals surface area contributed by atoms with Crippen molar-refractivity contribution in [2.24, 2.45) is 0 Å². The second-order valence-corrected chi connectivity index (χ2v) is 2.96. The fourth-order valence-corrected chi connectivity index (χ4v) is 0.866. The Hall–Kier alpha value is -0.530. The van der Waals surface area contributed by atoms with Crippen LogP contribution < -0.4 is 0 Å². The Labute approximate surface area is 62.6 Å². The molecule has 0 aromatic rings. The summed E-state index contributed by atoms with van der Waals surface area (Å²) in [5, 5.41) is 0. The van der Waals surface area contributed by atoms with E-state index in [1.165, 1.54) is 6.92 Å². The minimum Gasteiger partial charge on any atom is -0.460 e. The lowest BCUT2D eigenvalue weighted by molar-refractivity contribution is -0.154. The lowest BCUT2D eigenvalue weighted by Gasteiger charge is -2.23. The van der Waals surface area contributed by atoms with E-state index in [-0.39, 0.29) is 11.6 Å². The molecule has 59 valence electrons. The molecule has 0 rings (SSSR count). The smallest absolute Gasteiger partial charge is 0.303 e. The summed E-state index contributed by atoms with van der Waals surface area (Å²) in [5.74, 6) is -0.224. The van der Waals surface area contributed by atoms with E-state index in [4.69, 9.17) is 4.74 Å². The molecule has 0 N–H and O–H groups in total. The maximum atomic E-state index is 10.5. The van der Waals surface area contributed by atoms with Crippen molar-refractivity contribution in [1.29, 1.82) is 0 Å². The van der Waals surface area contributed by atoms with E-state index < -0.39 is 0 Å². The molecule has 0 bridgehead atoms. The summed E-state index contributed by atoms with van der Waals surface area (Å²) >= 11 is 0. The van der Waals surface area contributed by atoms with Crippen molar-refractivity contribution < 1.29 is 9.53 Å². The van der Waals surface area contributed by atoms with E-state index in [1.54, 1.807) is 0 Å². The molecule has 0 saturated carbocycles. The molecule has 0 heterocycles. The average Bonchev–Trinajstić information content (AvgIpc) is 1.59. The summed E-state index contributed by atoms with van der Waals surface area (Å²) < 4.78 is 5.00. The zero-order valence-corrected chi connectivity index (χ0v) is 6.94. The average molecular weight is 143 g/mol. The van der Waals surface area contributed by atoms with Crippen molar-refractivity contribution in [2.45, 2.75) is 39.2 Å². The Bertz CT molecular complexity index is 116. The fraction of sp³-hybridized carbons (Fsp3) is 0.750. The second kappa shape index (κ2) is 3.59. The van der Waals surface area contributed by atoms with Crippen LogP contribution in [0.2, 0.25) is 0 Å². The third-order valence-corrected chi connectivity index (χ3v) is 1.20. The van der Waals surface area contributed by atoms with Gasteiger partial charge in [-0.25, -0.2) is 0 Å². The Kier molecular flexibility index (Phi) is 3.40. The number of carbonyl (C=O) groups is 1. The highest BCUT2D eigenvalue weighted by molar-refractivity contribution is 5.66. The number of rotatable bonds is 3. The highest BCUT2D eigenvalue weighted by atomic mass is 16.6. The van der Waals surface area contributed by atoms with E-state index in [2.05, 4.69) is 6.92 Å². The summed E-state index contributed by atoms with van der Waals surface area (Å²) in [6.07, 6.45) is 1.60. The Morgan fingerprint density at radius 1 is 1.60 bits per heavy atom. The van der Waals surface area contributed by atoms with Crippen LogP contribution in [0, 0.1) is 6.92 Å². The van der Waals surface area contributed by atoms with E-state index in [0.29, 0.717) is 0 Å². The van der Waals surface area contributed by atoms with Crippen molar-refractivity contribution in [1.82, 2.24) is 0 Å². The van der Waals surface area contributed by atoms with Crippen LogP contribution in [-0.4, -0.2) is 11.6 Å². The topological polar surface area (TPSA) is 26.3 Å². The molecule has 0 aromatic heterocycles. The summed E-state index contributed by atoms with van der Waals surface area (Å²) in [4.78, 5) is 10.5. The van der Waals surface area contributed by atoms with Gasteiger partial charge in [0.2, 0.25) is 0 Å². The zero-order valence-electron chi connectivity index (χ0n) is 6.94. The van der Waals surface area contributed by atoms with Crippen molar-refractivity contribution in [3.63, 3.8) is 0 Å². The summed E-state index contributed by atoms with van der Waals surface area (Å²) in [5.41, 5.74) is -0.340. The van der Waals surface area contributed by atoms with Gasteiger partial charge in [0.25, 0.3) is 0 Å². The van der Waals surface area contributed by atoms with Crippen LogP contribution in [0.4, 0.5) is 0 Å². The van der Waals surface area contributed by atoms with Gasteiger partial charge in [0.05, 0.1) is 0 Å². The van der Waals surface area contributed by atoms with Gasteiger partial charge in [0.1, 0.15) is 5.60 Å². The van der Waals surface area contributed by atoms with Crippen molar-refractivity contribution >= 4 is 5.97 Å². The van der Waals surface area contributed by atoms with Gasteiger partial charge in [-0.1, -0.05) is 6.92 Å². The van der Waals surface area contributed by atoms with Crippen LogP contribution in [0.15, 0.2) is 0 Å². The van der Waals surface area contributed by atoms with Gasteiger partial charge in [-0.2, -0.15) is 0 Å². The molecule has 0 amide bonds. The van der Waals surface area contributed by atoms with Crippen LogP contribution in [0.5, 0.6) is 0 Å². The van der Waals surface area contributed by atoms with Gasteiger partial charge in [-0.15, -0.1) is 0 Å². The first-order valence-corrected chi connectivity index (χ1v) is 3.47. The van der Waals surface area contributed by atoms with E-state index in [0.717, 1.165) is 12.8 Å². The minimum absolute atomic E-state index is 0.224. The van der Waals surface area contributed by atoms with E-state index in [1.807, 2.05) is 13.8 Å². The van der Waals surface area contributed by atoms with Crippen molar-refractivity contribution in [3.8, 4) is 0 Å². The number of ether oxygens (including phenoxy) is 1. The SMILES string of the molecule is [CH2]CCC(C)(C)OC(C)=O. The first-order valence-electron chi connectivity index (χ1n) is 3.47. The third kappa shape index (κ3) is 4.36. The predicted molar refractivity (Wildman–Crippen MR) is 40.4 cm³/mol. The highest BCUT2D eigenvalue weighted by Crippen LogP contribution is 2.15. The summed E-state index contributed by atoms with van der Waals surface area (Å²) in [6, 6.07) is 0. The standard InChI is InChI=1S/C8H15O2/c1-5-6-8(3,4)10-7(2)9/h1,5-6H2,2-4H3. The van der Waals surface area contributed by atoms with Crippen molar-refractivity contribution in [3.05, 3.63) is 6.92 Å².